The van der Waals surface area contributed by atoms with Crippen molar-refractivity contribution in [2.24, 2.45) is 0 Å². The number of alkyl halides is 3. The number of nitrogens with one attached hydrogen (secondary N) is 2. The molecule has 1 amide bonds. The van der Waals surface area contributed by atoms with Crippen LogP contribution in [0.15, 0.2) is 53.3 Å². The maximum absolute atomic E-state index is 14.2. The van der Waals surface area contributed by atoms with E-state index in [1.165, 1.54) is 43.7 Å². The zero-order valence-corrected chi connectivity index (χ0v) is 18.2. The fraction of sp³-hybridized carbons (Fsp3) is 0.238. The Kier molecular flexibility index (Phi) is 6.77. The number of carbonyl (C=O) groups is 1. The van der Waals surface area contributed by atoms with E-state index >= 15 is 0 Å². The van der Waals surface area contributed by atoms with Crippen LogP contribution in [0.5, 0.6) is 0 Å². The standard InChI is InChI=1S/C21H19F4N3O4S/c1-12(13-3-5-17(16(22)9-13)28-33(2,30)31)20(29)26-10-14-4-6-18(21(23,24)25)27-19(14)15-7-8-32-11-15/h3-9,11-12,28H,10H2,1-2H3,(H,26,29). The summed E-state index contributed by atoms with van der Waals surface area (Å²) < 4.78 is 83.0. The first-order valence-electron chi connectivity index (χ1n) is 9.50. The molecule has 3 rings (SSSR count). The van der Waals surface area contributed by atoms with Gasteiger partial charge in [-0.1, -0.05) is 12.1 Å². The number of hydrogen-bond acceptors (Lipinski definition) is 5. The van der Waals surface area contributed by atoms with Gasteiger partial charge in [-0.25, -0.2) is 17.8 Å². The highest BCUT2D eigenvalue weighted by molar-refractivity contribution is 7.92. The lowest BCUT2D eigenvalue weighted by molar-refractivity contribution is -0.141. The van der Waals surface area contributed by atoms with Crippen LogP contribution >= 0.6 is 0 Å². The van der Waals surface area contributed by atoms with Crippen LogP contribution in [0.2, 0.25) is 0 Å². The molecule has 0 saturated heterocycles. The van der Waals surface area contributed by atoms with Gasteiger partial charge in [-0.2, -0.15) is 13.2 Å². The first-order chi connectivity index (χ1) is 15.3. The zero-order valence-electron chi connectivity index (χ0n) is 17.4. The molecule has 0 radical (unpaired) electrons. The average Bonchev–Trinajstić information content (AvgIpc) is 3.26. The van der Waals surface area contributed by atoms with Crippen molar-refractivity contribution in [2.75, 3.05) is 11.0 Å². The molecule has 0 bridgehead atoms. The Labute approximate surface area is 186 Å². The molecule has 33 heavy (non-hydrogen) atoms. The number of sulfonamides is 1. The number of hydrogen-bond donors (Lipinski definition) is 2. The third kappa shape index (κ3) is 6.09. The van der Waals surface area contributed by atoms with Crippen molar-refractivity contribution in [1.29, 1.82) is 0 Å². The van der Waals surface area contributed by atoms with Crippen LogP contribution in [0, 0.1) is 5.82 Å². The molecule has 0 aliphatic rings. The van der Waals surface area contributed by atoms with E-state index in [0.29, 0.717) is 11.1 Å². The van der Waals surface area contributed by atoms with Crippen molar-refractivity contribution in [3.05, 3.63) is 71.6 Å². The van der Waals surface area contributed by atoms with Crippen molar-refractivity contribution in [3.8, 4) is 11.3 Å². The normalized spacial score (nSPS) is 12.9. The number of pyridine rings is 1. The van der Waals surface area contributed by atoms with E-state index in [4.69, 9.17) is 4.42 Å². The summed E-state index contributed by atoms with van der Waals surface area (Å²) in [4.78, 5) is 16.3. The van der Waals surface area contributed by atoms with Crippen molar-refractivity contribution >= 4 is 21.6 Å². The highest BCUT2D eigenvalue weighted by atomic mass is 32.2. The number of rotatable bonds is 7. The Morgan fingerprint density at radius 2 is 1.91 bits per heavy atom. The Hall–Kier alpha value is -3.41. The zero-order chi connectivity index (χ0) is 24.4. The Balaban J connectivity index is 1.77. The summed E-state index contributed by atoms with van der Waals surface area (Å²) in [7, 11) is -3.68. The van der Waals surface area contributed by atoms with Gasteiger partial charge in [0.15, 0.2) is 0 Å². The molecular formula is C21H19F4N3O4S. The van der Waals surface area contributed by atoms with E-state index in [-0.39, 0.29) is 23.5 Å². The molecule has 1 atom stereocenters. The summed E-state index contributed by atoms with van der Waals surface area (Å²) in [6.45, 7) is 1.38. The van der Waals surface area contributed by atoms with Gasteiger partial charge in [0.1, 0.15) is 11.5 Å². The molecule has 176 valence electrons. The van der Waals surface area contributed by atoms with Crippen LogP contribution in [0.25, 0.3) is 11.3 Å². The smallest absolute Gasteiger partial charge is 0.433 e. The summed E-state index contributed by atoms with van der Waals surface area (Å²) in [5.74, 6) is -2.20. The number of furan rings is 1. The Morgan fingerprint density at radius 1 is 1.18 bits per heavy atom. The number of aromatic nitrogens is 1. The Morgan fingerprint density at radius 3 is 2.48 bits per heavy atom. The van der Waals surface area contributed by atoms with E-state index in [1.807, 2.05) is 4.72 Å². The van der Waals surface area contributed by atoms with Crippen LogP contribution in [-0.2, 0) is 27.5 Å². The molecule has 7 nitrogen and oxygen atoms in total. The Bertz CT molecular complexity index is 1260. The van der Waals surface area contributed by atoms with Gasteiger partial charge >= 0.3 is 6.18 Å². The minimum Gasteiger partial charge on any atom is -0.472 e. The van der Waals surface area contributed by atoms with Crippen LogP contribution in [0.3, 0.4) is 0 Å². The van der Waals surface area contributed by atoms with E-state index in [1.54, 1.807) is 0 Å². The van der Waals surface area contributed by atoms with E-state index in [0.717, 1.165) is 18.4 Å². The summed E-state index contributed by atoms with van der Waals surface area (Å²) >= 11 is 0. The highest BCUT2D eigenvalue weighted by Crippen LogP contribution is 2.31. The van der Waals surface area contributed by atoms with Gasteiger partial charge in [0, 0.05) is 12.1 Å². The average molecular weight is 485 g/mol. The molecule has 0 saturated carbocycles. The van der Waals surface area contributed by atoms with Gasteiger partial charge < -0.3 is 9.73 Å². The second kappa shape index (κ2) is 9.22. The molecule has 1 unspecified atom stereocenters. The molecule has 3 aromatic rings. The summed E-state index contributed by atoms with van der Waals surface area (Å²) in [6, 6.07) is 7.12. The van der Waals surface area contributed by atoms with E-state index in [2.05, 4.69) is 10.3 Å². The minimum absolute atomic E-state index is 0.00812. The maximum Gasteiger partial charge on any atom is 0.433 e. The summed E-state index contributed by atoms with van der Waals surface area (Å²) in [6.07, 6.45) is -1.23. The summed E-state index contributed by atoms with van der Waals surface area (Å²) in [5.41, 5.74) is -0.411. The largest absolute Gasteiger partial charge is 0.472 e. The quantitative estimate of drug-likeness (QED) is 0.486. The third-order valence-electron chi connectivity index (χ3n) is 4.70. The lowest BCUT2D eigenvalue weighted by Crippen LogP contribution is -2.28. The van der Waals surface area contributed by atoms with Gasteiger partial charge in [0.25, 0.3) is 0 Å². The second-order valence-electron chi connectivity index (χ2n) is 7.27. The molecular weight excluding hydrogens is 466 g/mol. The molecule has 2 heterocycles. The van der Waals surface area contributed by atoms with Crippen LogP contribution in [0.1, 0.15) is 29.7 Å². The van der Waals surface area contributed by atoms with Gasteiger partial charge in [-0.05, 0) is 42.3 Å². The molecule has 1 aromatic carbocycles. The molecule has 12 heteroatoms. The SMILES string of the molecule is CC(C(=O)NCc1ccc(C(F)(F)F)nc1-c1ccoc1)c1ccc(NS(C)(=O)=O)c(F)c1. The van der Waals surface area contributed by atoms with Crippen LogP contribution < -0.4 is 10.0 Å². The minimum atomic E-state index is -4.64. The number of amides is 1. The molecule has 2 N–H and O–H groups in total. The monoisotopic (exact) mass is 485 g/mol. The molecule has 0 aliphatic heterocycles. The number of anilines is 1. The number of halogens is 4. The second-order valence-corrected chi connectivity index (χ2v) is 9.02. The predicted molar refractivity (Wildman–Crippen MR) is 112 cm³/mol. The molecule has 2 aromatic heterocycles. The fourth-order valence-electron chi connectivity index (χ4n) is 3.01. The van der Waals surface area contributed by atoms with Crippen molar-refractivity contribution in [1.82, 2.24) is 10.3 Å². The van der Waals surface area contributed by atoms with E-state index in [9.17, 15) is 30.8 Å². The molecule has 0 spiro atoms. The first kappa shape index (κ1) is 24.2. The number of benzene rings is 1. The van der Waals surface area contributed by atoms with Crippen molar-refractivity contribution in [3.63, 3.8) is 0 Å². The molecule has 0 aliphatic carbocycles. The highest BCUT2D eigenvalue weighted by Gasteiger charge is 2.33. The summed E-state index contributed by atoms with van der Waals surface area (Å²) in [5, 5.41) is 2.61. The fourth-order valence-corrected chi connectivity index (χ4v) is 3.57. The lowest BCUT2D eigenvalue weighted by atomic mass is 9.99. The van der Waals surface area contributed by atoms with Crippen LogP contribution in [-0.4, -0.2) is 25.6 Å². The topological polar surface area (TPSA) is 101 Å². The third-order valence-corrected chi connectivity index (χ3v) is 5.29. The van der Waals surface area contributed by atoms with E-state index < -0.39 is 39.5 Å². The number of nitrogens with zero attached hydrogens (tertiary/aromatic N) is 1. The lowest BCUT2D eigenvalue weighted by Gasteiger charge is -2.16. The van der Waals surface area contributed by atoms with Crippen molar-refractivity contribution in [2.45, 2.75) is 25.6 Å². The van der Waals surface area contributed by atoms with Gasteiger partial charge in [0.05, 0.1) is 36.1 Å². The van der Waals surface area contributed by atoms with Gasteiger partial charge in [-0.15, -0.1) is 0 Å². The van der Waals surface area contributed by atoms with Gasteiger partial charge in [-0.3, -0.25) is 9.52 Å². The number of carbonyl (C=O) groups excluding carboxylic acids is 1. The maximum atomic E-state index is 14.2. The predicted octanol–water partition coefficient (Wildman–Crippen LogP) is 4.29. The van der Waals surface area contributed by atoms with Gasteiger partial charge in [0.2, 0.25) is 15.9 Å². The van der Waals surface area contributed by atoms with Crippen molar-refractivity contribution < 1.29 is 35.2 Å². The first-order valence-corrected chi connectivity index (χ1v) is 11.4. The molecule has 0 fully saturated rings. The van der Waals surface area contributed by atoms with Crippen LogP contribution in [0.4, 0.5) is 23.2 Å².